The lowest BCUT2D eigenvalue weighted by atomic mass is 10.2. The maximum absolute atomic E-state index is 11.2. The average Bonchev–Trinajstić information content (AvgIpc) is 2.40. The van der Waals surface area contributed by atoms with Crippen LogP contribution in [-0.4, -0.2) is 23.9 Å². The van der Waals surface area contributed by atoms with Crippen molar-refractivity contribution < 1.29 is 9.72 Å². The molecule has 0 heterocycles. The lowest BCUT2D eigenvalue weighted by molar-refractivity contribution is -0.383. The van der Waals surface area contributed by atoms with Crippen molar-refractivity contribution in [2.75, 3.05) is 23.7 Å². The summed E-state index contributed by atoms with van der Waals surface area (Å²) in [5.74, 6) is -0.375. The molecule has 0 saturated carbocycles. The number of para-hydroxylation sites is 1. The topological polar surface area (TPSA) is 110 Å². The molecule has 7 nitrogen and oxygen atoms in total. The highest BCUT2D eigenvalue weighted by molar-refractivity contribution is 5.76. The molecule has 20 heavy (non-hydrogen) atoms. The zero-order chi connectivity index (χ0) is 15.0. The van der Waals surface area contributed by atoms with Gasteiger partial charge in [0.1, 0.15) is 11.4 Å². The first-order valence-corrected chi connectivity index (χ1v) is 6.59. The van der Waals surface area contributed by atoms with Crippen molar-refractivity contribution in [2.45, 2.75) is 26.2 Å². The van der Waals surface area contributed by atoms with E-state index in [2.05, 4.69) is 10.6 Å². The molecular weight excluding hydrogens is 260 g/mol. The van der Waals surface area contributed by atoms with E-state index in [-0.39, 0.29) is 18.0 Å². The zero-order valence-corrected chi connectivity index (χ0v) is 11.5. The predicted octanol–water partition coefficient (Wildman–Crippen LogP) is 2.09. The lowest BCUT2D eigenvalue weighted by Gasteiger charge is -2.11. The van der Waals surface area contributed by atoms with E-state index in [1.807, 2.05) is 6.92 Å². The second kappa shape index (κ2) is 7.98. The second-order valence-corrected chi connectivity index (χ2v) is 4.38. The molecule has 0 radical (unpaired) electrons. The van der Waals surface area contributed by atoms with Crippen molar-refractivity contribution in [1.82, 2.24) is 0 Å². The Balaban J connectivity index is 2.78. The summed E-state index contributed by atoms with van der Waals surface area (Å²) in [6.07, 6.45) is 1.68. The number of hydrogen-bond acceptors (Lipinski definition) is 5. The van der Waals surface area contributed by atoms with E-state index >= 15 is 0 Å². The number of hydrogen-bond donors (Lipinski definition) is 3. The van der Waals surface area contributed by atoms with Crippen LogP contribution in [0, 0.1) is 10.1 Å². The maximum Gasteiger partial charge on any atom is 0.315 e. The molecule has 0 aliphatic rings. The van der Waals surface area contributed by atoms with E-state index in [9.17, 15) is 14.9 Å². The number of nitrogens with one attached hydrogen (secondary N) is 2. The largest absolute Gasteiger partial charge is 0.379 e. The molecule has 0 unspecified atom stereocenters. The van der Waals surface area contributed by atoms with Crippen molar-refractivity contribution in [3.8, 4) is 0 Å². The summed E-state index contributed by atoms with van der Waals surface area (Å²) >= 11 is 0. The third-order valence-corrected chi connectivity index (χ3v) is 2.70. The van der Waals surface area contributed by atoms with Crippen LogP contribution in [0.25, 0.3) is 0 Å². The quantitative estimate of drug-likeness (QED) is 0.364. The summed E-state index contributed by atoms with van der Waals surface area (Å²) in [5, 5.41) is 17.2. The van der Waals surface area contributed by atoms with E-state index in [0.717, 1.165) is 6.42 Å². The van der Waals surface area contributed by atoms with Crippen molar-refractivity contribution in [2.24, 2.45) is 5.73 Å². The minimum absolute atomic E-state index is 0.0278. The summed E-state index contributed by atoms with van der Waals surface area (Å²) in [6, 6.07) is 5.09. The molecule has 0 aliphatic heterocycles. The highest BCUT2D eigenvalue weighted by atomic mass is 16.6. The van der Waals surface area contributed by atoms with Crippen LogP contribution in [-0.2, 0) is 4.79 Å². The van der Waals surface area contributed by atoms with E-state index in [0.29, 0.717) is 30.9 Å². The molecule has 0 aromatic heterocycles. The Morgan fingerprint density at radius 1 is 1.30 bits per heavy atom. The van der Waals surface area contributed by atoms with E-state index in [1.165, 1.54) is 0 Å². The molecular formula is C13H20N4O3. The molecule has 4 N–H and O–H groups in total. The van der Waals surface area contributed by atoms with Gasteiger partial charge in [-0.3, -0.25) is 14.9 Å². The van der Waals surface area contributed by atoms with Crippen LogP contribution in [0.3, 0.4) is 0 Å². The van der Waals surface area contributed by atoms with Gasteiger partial charge in [-0.25, -0.2) is 0 Å². The Bertz CT molecular complexity index is 477. The normalized spacial score (nSPS) is 10.1. The molecule has 110 valence electrons. The van der Waals surface area contributed by atoms with Gasteiger partial charge in [-0.15, -0.1) is 0 Å². The Hall–Kier alpha value is -2.31. The number of carbonyl (C=O) groups is 1. The number of primary amides is 1. The zero-order valence-electron chi connectivity index (χ0n) is 11.5. The minimum Gasteiger partial charge on any atom is -0.379 e. The number of rotatable bonds is 9. The summed E-state index contributed by atoms with van der Waals surface area (Å²) in [4.78, 5) is 21.4. The number of nitro groups is 1. The number of nitrogens with two attached hydrogens (primary N) is 1. The minimum atomic E-state index is -0.408. The summed E-state index contributed by atoms with van der Waals surface area (Å²) in [5.41, 5.74) is 6.01. The van der Waals surface area contributed by atoms with Gasteiger partial charge >= 0.3 is 5.69 Å². The smallest absolute Gasteiger partial charge is 0.315 e. The average molecular weight is 280 g/mol. The first-order valence-electron chi connectivity index (χ1n) is 6.59. The summed E-state index contributed by atoms with van der Waals surface area (Å²) in [6.45, 7) is 3.12. The predicted molar refractivity (Wildman–Crippen MR) is 78.8 cm³/mol. The van der Waals surface area contributed by atoms with Gasteiger partial charge in [0.15, 0.2) is 0 Å². The van der Waals surface area contributed by atoms with E-state index < -0.39 is 4.92 Å². The molecule has 0 atom stereocenters. The standard InChI is InChI=1S/C13H20N4O3/c1-2-8-15-10-5-3-6-11(13(10)17(19)20)16-9-4-7-12(14)18/h3,5-6,15-16H,2,4,7-9H2,1H3,(H2,14,18). The number of nitro benzene ring substituents is 1. The fourth-order valence-electron chi connectivity index (χ4n) is 1.77. The van der Waals surface area contributed by atoms with Crippen LogP contribution in [0.2, 0.25) is 0 Å². The Labute approximate surface area is 117 Å². The van der Waals surface area contributed by atoms with Gasteiger partial charge in [0.2, 0.25) is 5.91 Å². The number of anilines is 2. The fraction of sp³-hybridized carbons (Fsp3) is 0.462. The number of amides is 1. The molecule has 1 amide bonds. The van der Waals surface area contributed by atoms with E-state index in [4.69, 9.17) is 5.73 Å². The molecule has 0 spiro atoms. The Morgan fingerprint density at radius 2 is 1.90 bits per heavy atom. The molecule has 0 aliphatic carbocycles. The number of nitrogens with zero attached hydrogens (tertiary/aromatic N) is 1. The van der Waals surface area contributed by atoms with Gasteiger partial charge in [0.05, 0.1) is 4.92 Å². The van der Waals surface area contributed by atoms with Gasteiger partial charge < -0.3 is 16.4 Å². The molecule has 0 bridgehead atoms. The number of carbonyl (C=O) groups excluding carboxylic acids is 1. The molecule has 0 fully saturated rings. The van der Waals surface area contributed by atoms with Crippen molar-refractivity contribution in [3.63, 3.8) is 0 Å². The third kappa shape index (κ3) is 4.75. The highest BCUT2D eigenvalue weighted by Gasteiger charge is 2.18. The molecule has 1 aromatic rings. The molecule has 1 aromatic carbocycles. The Kier molecular flexibility index (Phi) is 6.28. The maximum atomic E-state index is 11.2. The van der Waals surface area contributed by atoms with Crippen LogP contribution >= 0.6 is 0 Å². The van der Waals surface area contributed by atoms with Crippen LogP contribution < -0.4 is 16.4 Å². The van der Waals surface area contributed by atoms with Crippen LogP contribution in [0.5, 0.6) is 0 Å². The lowest BCUT2D eigenvalue weighted by Crippen LogP contribution is -2.13. The van der Waals surface area contributed by atoms with Crippen LogP contribution in [0.15, 0.2) is 18.2 Å². The van der Waals surface area contributed by atoms with E-state index in [1.54, 1.807) is 18.2 Å². The van der Waals surface area contributed by atoms with Gasteiger partial charge in [-0.1, -0.05) is 13.0 Å². The van der Waals surface area contributed by atoms with Crippen LogP contribution in [0.1, 0.15) is 26.2 Å². The van der Waals surface area contributed by atoms with Gasteiger partial charge in [-0.05, 0) is 25.0 Å². The monoisotopic (exact) mass is 280 g/mol. The number of benzene rings is 1. The van der Waals surface area contributed by atoms with Crippen molar-refractivity contribution >= 4 is 23.0 Å². The summed E-state index contributed by atoms with van der Waals surface area (Å²) in [7, 11) is 0. The second-order valence-electron chi connectivity index (χ2n) is 4.38. The highest BCUT2D eigenvalue weighted by Crippen LogP contribution is 2.32. The SMILES string of the molecule is CCCNc1cccc(NCCCC(N)=O)c1[N+](=O)[O-]. The van der Waals surface area contributed by atoms with Crippen molar-refractivity contribution in [1.29, 1.82) is 0 Å². The summed E-state index contributed by atoms with van der Waals surface area (Å²) < 4.78 is 0. The fourth-order valence-corrected chi connectivity index (χ4v) is 1.77. The third-order valence-electron chi connectivity index (χ3n) is 2.70. The van der Waals surface area contributed by atoms with Crippen LogP contribution in [0.4, 0.5) is 17.1 Å². The first kappa shape index (κ1) is 15.7. The molecule has 0 saturated heterocycles. The van der Waals surface area contributed by atoms with Gasteiger partial charge in [0, 0.05) is 19.5 Å². The van der Waals surface area contributed by atoms with Crippen molar-refractivity contribution in [3.05, 3.63) is 28.3 Å². The Morgan fingerprint density at radius 3 is 2.40 bits per heavy atom. The molecule has 7 heteroatoms. The van der Waals surface area contributed by atoms with Gasteiger partial charge in [0.25, 0.3) is 0 Å². The van der Waals surface area contributed by atoms with Gasteiger partial charge in [-0.2, -0.15) is 0 Å². The molecule has 1 rings (SSSR count). The first-order chi connectivity index (χ1) is 9.56.